The van der Waals surface area contributed by atoms with E-state index < -0.39 is 11.3 Å². The minimum atomic E-state index is -0.811. The van der Waals surface area contributed by atoms with Crippen LogP contribution in [-0.4, -0.2) is 33.2 Å². The summed E-state index contributed by atoms with van der Waals surface area (Å²) in [5.74, 6) is -0.268. The van der Waals surface area contributed by atoms with Crippen LogP contribution in [0, 0.1) is 5.82 Å². The van der Waals surface area contributed by atoms with E-state index in [-0.39, 0.29) is 17.8 Å². The normalized spacial score (nSPS) is 19.3. The SMILES string of the molecule is NC(=O)c1ccc(-c2nccc(C3CCCN3C(=O)C3(c4ccccc4F)CCCC3)n2)cc1. The molecule has 174 valence electrons. The standard InChI is InChI=1S/C27H27FN4O2/c28-21-7-2-1-6-20(21)27(14-3-4-15-27)26(34)32-17-5-8-23(32)22-13-16-30-25(31-22)19-11-9-18(10-12-19)24(29)33/h1-2,6-7,9-13,16,23H,3-5,8,14-15,17H2,(H2,29,33). The molecule has 2 aromatic carbocycles. The maximum absolute atomic E-state index is 14.9. The fourth-order valence-corrected chi connectivity index (χ4v) is 5.50. The van der Waals surface area contributed by atoms with Crippen molar-refractivity contribution in [1.29, 1.82) is 0 Å². The number of nitrogens with zero attached hydrogens (tertiary/aromatic N) is 3. The summed E-state index contributed by atoms with van der Waals surface area (Å²) >= 11 is 0. The van der Waals surface area contributed by atoms with Crippen LogP contribution in [0.4, 0.5) is 4.39 Å². The summed E-state index contributed by atoms with van der Waals surface area (Å²) in [6.45, 7) is 0.631. The number of primary amides is 1. The molecule has 2 N–H and O–H groups in total. The van der Waals surface area contributed by atoms with Crippen LogP contribution < -0.4 is 5.73 Å². The van der Waals surface area contributed by atoms with Crippen LogP contribution in [0.3, 0.4) is 0 Å². The summed E-state index contributed by atoms with van der Waals surface area (Å²) < 4.78 is 14.9. The topological polar surface area (TPSA) is 89.2 Å². The second-order valence-electron chi connectivity index (χ2n) is 9.17. The predicted octanol–water partition coefficient (Wildman–Crippen LogP) is 4.56. The molecule has 2 heterocycles. The van der Waals surface area contributed by atoms with Crippen LogP contribution in [-0.2, 0) is 10.2 Å². The lowest BCUT2D eigenvalue weighted by Gasteiger charge is -2.36. The summed E-state index contributed by atoms with van der Waals surface area (Å²) in [5, 5.41) is 0. The maximum Gasteiger partial charge on any atom is 0.248 e. The Morgan fingerprint density at radius 1 is 1.00 bits per heavy atom. The van der Waals surface area contributed by atoms with E-state index in [0.29, 0.717) is 36.3 Å². The third-order valence-electron chi connectivity index (χ3n) is 7.22. The number of likely N-dealkylation sites (tertiary alicyclic amines) is 1. The number of rotatable bonds is 5. The number of hydrogen-bond acceptors (Lipinski definition) is 4. The van der Waals surface area contributed by atoms with Crippen LogP contribution >= 0.6 is 0 Å². The molecule has 1 aromatic heterocycles. The third-order valence-corrected chi connectivity index (χ3v) is 7.22. The van der Waals surface area contributed by atoms with Crippen molar-refractivity contribution in [2.45, 2.75) is 50.0 Å². The molecule has 2 fully saturated rings. The first-order chi connectivity index (χ1) is 16.5. The van der Waals surface area contributed by atoms with Gasteiger partial charge in [-0.3, -0.25) is 9.59 Å². The highest BCUT2D eigenvalue weighted by Crippen LogP contribution is 2.46. The Morgan fingerprint density at radius 2 is 1.74 bits per heavy atom. The lowest BCUT2D eigenvalue weighted by atomic mass is 9.77. The first-order valence-corrected chi connectivity index (χ1v) is 11.8. The van der Waals surface area contributed by atoms with Crippen LogP contribution in [0.1, 0.15) is 66.2 Å². The van der Waals surface area contributed by atoms with Gasteiger partial charge >= 0.3 is 0 Å². The Labute approximate surface area is 198 Å². The Bertz CT molecular complexity index is 1220. The molecule has 2 aliphatic rings. The number of halogens is 1. The van der Waals surface area contributed by atoms with Gasteiger partial charge in [0.15, 0.2) is 5.82 Å². The molecule has 1 saturated heterocycles. The van der Waals surface area contributed by atoms with Crippen LogP contribution in [0.25, 0.3) is 11.4 Å². The smallest absolute Gasteiger partial charge is 0.248 e. The molecule has 2 amide bonds. The molecule has 1 atom stereocenters. The molecule has 3 aromatic rings. The average Bonchev–Trinajstić information content (AvgIpc) is 3.55. The zero-order valence-corrected chi connectivity index (χ0v) is 18.9. The predicted molar refractivity (Wildman–Crippen MR) is 126 cm³/mol. The molecular formula is C27H27FN4O2. The minimum absolute atomic E-state index is 0.00331. The molecule has 0 radical (unpaired) electrons. The first-order valence-electron chi connectivity index (χ1n) is 11.8. The fourth-order valence-electron chi connectivity index (χ4n) is 5.50. The van der Waals surface area contributed by atoms with Crippen molar-refractivity contribution in [3.05, 3.63) is 83.4 Å². The highest BCUT2D eigenvalue weighted by Gasteiger charge is 2.48. The van der Waals surface area contributed by atoms with Gasteiger partial charge in [-0.05, 0) is 49.9 Å². The van der Waals surface area contributed by atoms with E-state index in [9.17, 15) is 14.0 Å². The second kappa shape index (κ2) is 8.97. The van der Waals surface area contributed by atoms with Crippen LogP contribution in [0.15, 0.2) is 60.8 Å². The molecule has 6 nitrogen and oxygen atoms in total. The summed E-state index contributed by atoms with van der Waals surface area (Å²) in [6.07, 6.45) is 6.53. The summed E-state index contributed by atoms with van der Waals surface area (Å²) in [4.78, 5) is 36.5. The number of aromatic nitrogens is 2. The molecule has 0 spiro atoms. The van der Waals surface area contributed by atoms with Gasteiger partial charge in [0.25, 0.3) is 0 Å². The highest BCUT2D eigenvalue weighted by molar-refractivity contribution is 5.93. The van der Waals surface area contributed by atoms with E-state index in [4.69, 9.17) is 10.7 Å². The van der Waals surface area contributed by atoms with Gasteiger partial charge in [0.2, 0.25) is 11.8 Å². The average molecular weight is 459 g/mol. The monoisotopic (exact) mass is 458 g/mol. The third kappa shape index (κ3) is 3.85. The number of carbonyl (C=O) groups excluding carboxylic acids is 2. The lowest BCUT2D eigenvalue weighted by molar-refractivity contribution is -0.138. The van der Waals surface area contributed by atoms with E-state index in [2.05, 4.69) is 4.98 Å². The van der Waals surface area contributed by atoms with E-state index >= 15 is 0 Å². The van der Waals surface area contributed by atoms with Crippen molar-refractivity contribution >= 4 is 11.8 Å². The van der Waals surface area contributed by atoms with Crippen molar-refractivity contribution in [3.8, 4) is 11.4 Å². The van der Waals surface area contributed by atoms with Crippen LogP contribution in [0.5, 0.6) is 0 Å². The number of carbonyl (C=O) groups is 2. The van der Waals surface area contributed by atoms with Gasteiger partial charge in [-0.2, -0.15) is 0 Å². The fraction of sp³-hybridized carbons (Fsp3) is 0.333. The Kier molecular flexibility index (Phi) is 5.86. The summed E-state index contributed by atoms with van der Waals surface area (Å²) in [5.41, 5.74) is 7.00. The lowest BCUT2D eigenvalue weighted by Crippen LogP contribution is -2.45. The van der Waals surface area contributed by atoms with Gasteiger partial charge in [-0.25, -0.2) is 14.4 Å². The van der Waals surface area contributed by atoms with E-state index in [1.165, 1.54) is 6.07 Å². The highest BCUT2D eigenvalue weighted by atomic mass is 19.1. The van der Waals surface area contributed by atoms with Crippen molar-refractivity contribution < 1.29 is 14.0 Å². The molecule has 5 rings (SSSR count). The first kappa shape index (κ1) is 22.2. The van der Waals surface area contributed by atoms with E-state index in [1.54, 1.807) is 42.6 Å². The van der Waals surface area contributed by atoms with Gasteiger partial charge in [-0.1, -0.05) is 43.2 Å². The number of benzene rings is 2. The summed E-state index contributed by atoms with van der Waals surface area (Å²) in [7, 11) is 0. The number of nitrogens with two attached hydrogens (primary N) is 1. The minimum Gasteiger partial charge on any atom is -0.366 e. The van der Waals surface area contributed by atoms with E-state index in [1.807, 2.05) is 17.0 Å². The molecule has 1 aliphatic heterocycles. The Balaban J connectivity index is 1.46. The molecule has 0 bridgehead atoms. The maximum atomic E-state index is 14.9. The van der Waals surface area contributed by atoms with Crippen molar-refractivity contribution in [2.24, 2.45) is 5.73 Å². The van der Waals surface area contributed by atoms with Crippen molar-refractivity contribution in [1.82, 2.24) is 14.9 Å². The zero-order valence-electron chi connectivity index (χ0n) is 18.9. The molecule has 34 heavy (non-hydrogen) atoms. The quantitative estimate of drug-likeness (QED) is 0.607. The Morgan fingerprint density at radius 3 is 2.44 bits per heavy atom. The van der Waals surface area contributed by atoms with Gasteiger partial charge < -0.3 is 10.6 Å². The van der Waals surface area contributed by atoms with Gasteiger partial charge in [-0.15, -0.1) is 0 Å². The second-order valence-corrected chi connectivity index (χ2v) is 9.17. The van der Waals surface area contributed by atoms with Crippen molar-refractivity contribution in [2.75, 3.05) is 6.54 Å². The zero-order chi connectivity index (χ0) is 23.7. The van der Waals surface area contributed by atoms with Gasteiger partial charge in [0.1, 0.15) is 5.82 Å². The molecular weight excluding hydrogens is 431 g/mol. The number of hydrogen-bond donors (Lipinski definition) is 1. The Hall–Kier alpha value is -3.61. The summed E-state index contributed by atoms with van der Waals surface area (Å²) in [6, 6.07) is 15.2. The molecule has 1 unspecified atom stereocenters. The molecule has 7 heteroatoms. The van der Waals surface area contributed by atoms with Crippen LogP contribution in [0.2, 0.25) is 0 Å². The van der Waals surface area contributed by atoms with Crippen molar-refractivity contribution in [3.63, 3.8) is 0 Å². The van der Waals surface area contributed by atoms with E-state index in [0.717, 1.165) is 36.9 Å². The van der Waals surface area contributed by atoms with Gasteiger partial charge in [0.05, 0.1) is 17.2 Å². The molecule has 1 saturated carbocycles. The number of amides is 2. The van der Waals surface area contributed by atoms with Gasteiger partial charge in [0, 0.05) is 29.4 Å². The molecule has 1 aliphatic carbocycles. The largest absolute Gasteiger partial charge is 0.366 e.